The molecule has 0 bridgehead atoms. The monoisotopic (exact) mass is 486 g/mol. The summed E-state index contributed by atoms with van der Waals surface area (Å²) in [6.45, 7) is 2.28. The number of halogens is 1. The minimum absolute atomic E-state index is 0.0996. The lowest BCUT2D eigenvalue weighted by molar-refractivity contribution is -0.119. The Bertz CT molecular complexity index is 1140. The molecule has 0 atom stereocenters. The molecule has 8 heteroatoms. The summed E-state index contributed by atoms with van der Waals surface area (Å²) >= 11 is 5.95. The quantitative estimate of drug-likeness (QED) is 0.399. The molecule has 0 saturated heterocycles. The van der Waals surface area contributed by atoms with Crippen LogP contribution in [0, 0.1) is 0 Å². The van der Waals surface area contributed by atoms with Gasteiger partial charge in [0.1, 0.15) is 18.9 Å². The number of carbonyl (C=O) groups is 1. The molecular weight excluding hydrogens is 460 g/mol. The molecule has 174 valence electrons. The van der Waals surface area contributed by atoms with Crippen molar-refractivity contribution in [2.24, 2.45) is 0 Å². The molecule has 3 rings (SSSR count). The molecule has 0 spiro atoms. The number of rotatable bonds is 11. The normalized spacial score (nSPS) is 11.1. The maximum absolute atomic E-state index is 13.2. The fourth-order valence-electron chi connectivity index (χ4n) is 3.23. The van der Waals surface area contributed by atoms with E-state index in [4.69, 9.17) is 16.3 Å². The third kappa shape index (κ3) is 6.97. The van der Waals surface area contributed by atoms with E-state index in [1.165, 1.54) is 17.7 Å². The van der Waals surface area contributed by atoms with Crippen molar-refractivity contribution in [3.63, 3.8) is 0 Å². The molecule has 1 N–H and O–H groups in total. The fourth-order valence-corrected chi connectivity index (χ4v) is 4.80. The molecule has 33 heavy (non-hydrogen) atoms. The van der Waals surface area contributed by atoms with Crippen molar-refractivity contribution in [2.75, 3.05) is 24.0 Å². The highest BCUT2D eigenvalue weighted by atomic mass is 35.5. The number of carbonyl (C=O) groups excluding carboxylic acids is 1. The molecule has 0 radical (unpaired) electrons. The number of nitrogens with one attached hydrogen (secondary N) is 1. The molecule has 0 aliphatic heterocycles. The number of aryl methyl sites for hydroxylation is 1. The van der Waals surface area contributed by atoms with Gasteiger partial charge in [-0.25, -0.2) is 8.42 Å². The third-order valence-electron chi connectivity index (χ3n) is 4.89. The standard InChI is InChI=1S/C25H27ClN2O4S/c1-2-6-20-9-15-23(16-10-20)32-18-17-27-25(29)19-28(22-13-11-21(26)12-14-22)33(30,31)24-7-4-3-5-8-24/h3-5,7-16H,2,6,17-19H2,1H3,(H,27,29). The lowest BCUT2D eigenvalue weighted by Gasteiger charge is -2.24. The van der Waals surface area contributed by atoms with Crippen LogP contribution in [0.2, 0.25) is 5.02 Å². The Hall–Kier alpha value is -3.03. The zero-order valence-electron chi connectivity index (χ0n) is 18.4. The highest BCUT2D eigenvalue weighted by Gasteiger charge is 2.27. The average molecular weight is 487 g/mol. The van der Waals surface area contributed by atoms with Crippen LogP contribution >= 0.6 is 11.6 Å². The number of ether oxygens (including phenoxy) is 1. The van der Waals surface area contributed by atoms with Gasteiger partial charge in [0.05, 0.1) is 17.1 Å². The number of anilines is 1. The average Bonchev–Trinajstić information content (AvgIpc) is 2.83. The molecule has 0 aromatic heterocycles. The van der Waals surface area contributed by atoms with Gasteiger partial charge in [-0.15, -0.1) is 0 Å². The highest BCUT2D eigenvalue weighted by molar-refractivity contribution is 7.92. The van der Waals surface area contributed by atoms with Gasteiger partial charge >= 0.3 is 0 Å². The van der Waals surface area contributed by atoms with E-state index in [-0.39, 0.29) is 24.6 Å². The highest BCUT2D eigenvalue weighted by Crippen LogP contribution is 2.25. The van der Waals surface area contributed by atoms with E-state index in [0.717, 1.165) is 22.9 Å². The van der Waals surface area contributed by atoms with Crippen molar-refractivity contribution < 1.29 is 17.9 Å². The summed E-state index contributed by atoms with van der Waals surface area (Å²) in [5.74, 6) is 0.282. The predicted molar refractivity (Wildman–Crippen MR) is 131 cm³/mol. The van der Waals surface area contributed by atoms with Crippen LogP contribution in [0.5, 0.6) is 5.75 Å². The number of benzene rings is 3. The van der Waals surface area contributed by atoms with E-state index in [9.17, 15) is 13.2 Å². The minimum atomic E-state index is -3.95. The number of sulfonamides is 1. The molecule has 6 nitrogen and oxygen atoms in total. The molecule has 3 aromatic carbocycles. The van der Waals surface area contributed by atoms with Crippen molar-refractivity contribution in [1.29, 1.82) is 0 Å². The van der Waals surface area contributed by atoms with E-state index in [0.29, 0.717) is 10.7 Å². The first-order chi connectivity index (χ1) is 15.9. The Labute approximate surface area is 200 Å². The van der Waals surface area contributed by atoms with Gasteiger partial charge in [-0.1, -0.05) is 55.3 Å². The molecule has 3 aromatic rings. The van der Waals surface area contributed by atoms with E-state index in [1.54, 1.807) is 42.5 Å². The number of nitrogens with zero attached hydrogens (tertiary/aromatic N) is 1. The summed E-state index contributed by atoms with van der Waals surface area (Å²) in [5, 5.41) is 3.20. The van der Waals surface area contributed by atoms with Gasteiger partial charge < -0.3 is 10.1 Å². The van der Waals surface area contributed by atoms with Crippen LogP contribution < -0.4 is 14.4 Å². The minimum Gasteiger partial charge on any atom is -0.492 e. The van der Waals surface area contributed by atoms with Gasteiger partial charge in [0.25, 0.3) is 10.0 Å². The molecule has 0 saturated carbocycles. The van der Waals surface area contributed by atoms with Gasteiger partial charge in [0, 0.05) is 5.02 Å². The van der Waals surface area contributed by atoms with E-state index in [2.05, 4.69) is 12.2 Å². The molecule has 0 heterocycles. The van der Waals surface area contributed by atoms with Gasteiger partial charge in [-0.3, -0.25) is 9.10 Å². The van der Waals surface area contributed by atoms with Crippen LogP contribution in [0.15, 0.2) is 83.8 Å². The predicted octanol–water partition coefficient (Wildman–Crippen LogP) is 4.68. The van der Waals surface area contributed by atoms with E-state index in [1.807, 2.05) is 24.3 Å². The van der Waals surface area contributed by atoms with Crippen LogP contribution in [-0.2, 0) is 21.2 Å². The van der Waals surface area contributed by atoms with Crippen molar-refractivity contribution in [3.05, 3.63) is 89.4 Å². The van der Waals surface area contributed by atoms with Crippen molar-refractivity contribution in [3.8, 4) is 5.75 Å². The SMILES string of the molecule is CCCc1ccc(OCCNC(=O)CN(c2ccc(Cl)cc2)S(=O)(=O)c2ccccc2)cc1. The van der Waals surface area contributed by atoms with Gasteiger partial charge in [-0.2, -0.15) is 0 Å². The summed E-state index contributed by atoms with van der Waals surface area (Å²) in [6, 6.07) is 22.2. The Morgan fingerprint density at radius 3 is 2.27 bits per heavy atom. The van der Waals surface area contributed by atoms with Gasteiger partial charge in [-0.05, 0) is 60.5 Å². The lowest BCUT2D eigenvalue weighted by Crippen LogP contribution is -2.41. The first-order valence-corrected chi connectivity index (χ1v) is 12.5. The van der Waals surface area contributed by atoms with Crippen molar-refractivity contribution in [1.82, 2.24) is 5.32 Å². The summed E-state index contributed by atoms with van der Waals surface area (Å²) in [4.78, 5) is 12.7. The van der Waals surface area contributed by atoms with Crippen LogP contribution in [0.3, 0.4) is 0 Å². The second-order valence-electron chi connectivity index (χ2n) is 7.39. The number of amides is 1. The molecule has 0 unspecified atom stereocenters. The maximum Gasteiger partial charge on any atom is 0.264 e. The molecule has 0 aliphatic rings. The summed E-state index contributed by atoms with van der Waals surface area (Å²) in [5.41, 5.74) is 1.60. The topological polar surface area (TPSA) is 75.7 Å². The summed E-state index contributed by atoms with van der Waals surface area (Å²) in [6.07, 6.45) is 2.10. The zero-order chi connectivity index (χ0) is 23.7. The zero-order valence-corrected chi connectivity index (χ0v) is 20.0. The van der Waals surface area contributed by atoms with Crippen molar-refractivity contribution >= 4 is 33.2 Å². The van der Waals surface area contributed by atoms with Crippen LogP contribution in [0.1, 0.15) is 18.9 Å². The molecular formula is C25H27ClN2O4S. The number of hydrogen-bond acceptors (Lipinski definition) is 4. The maximum atomic E-state index is 13.2. The van der Waals surface area contributed by atoms with Gasteiger partial charge in [0.15, 0.2) is 0 Å². The van der Waals surface area contributed by atoms with E-state index >= 15 is 0 Å². The van der Waals surface area contributed by atoms with Crippen LogP contribution in [0.25, 0.3) is 0 Å². The van der Waals surface area contributed by atoms with E-state index < -0.39 is 15.9 Å². The smallest absolute Gasteiger partial charge is 0.264 e. The second kappa shape index (κ2) is 11.7. The molecule has 0 aliphatic carbocycles. The van der Waals surface area contributed by atoms with Gasteiger partial charge in [0.2, 0.25) is 5.91 Å². The lowest BCUT2D eigenvalue weighted by atomic mass is 10.1. The summed E-state index contributed by atoms with van der Waals surface area (Å²) < 4.78 is 33.2. The van der Waals surface area contributed by atoms with Crippen LogP contribution in [-0.4, -0.2) is 34.0 Å². The first-order valence-electron chi connectivity index (χ1n) is 10.7. The Morgan fingerprint density at radius 1 is 0.970 bits per heavy atom. The largest absolute Gasteiger partial charge is 0.492 e. The van der Waals surface area contributed by atoms with Crippen molar-refractivity contribution in [2.45, 2.75) is 24.7 Å². The number of hydrogen-bond donors (Lipinski definition) is 1. The third-order valence-corrected chi connectivity index (χ3v) is 6.93. The molecule has 1 amide bonds. The van der Waals surface area contributed by atoms with Crippen LogP contribution in [0.4, 0.5) is 5.69 Å². The Kier molecular flexibility index (Phi) is 8.74. The first kappa shape index (κ1) is 24.6. The Balaban J connectivity index is 1.62. The summed E-state index contributed by atoms with van der Waals surface area (Å²) in [7, 11) is -3.95. The fraction of sp³-hybridized carbons (Fsp3) is 0.240. The second-order valence-corrected chi connectivity index (χ2v) is 9.69. The Morgan fingerprint density at radius 2 is 1.64 bits per heavy atom. The molecule has 0 fully saturated rings.